The van der Waals surface area contributed by atoms with Gasteiger partial charge in [0.15, 0.2) is 0 Å². The van der Waals surface area contributed by atoms with Crippen molar-refractivity contribution >= 4 is 28.7 Å². The number of pyridine rings is 1. The predicted octanol–water partition coefficient (Wildman–Crippen LogP) is 4.58. The number of nitrogens with zero attached hydrogens (tertiary/aromatic N) is 3. The SMILES string of the molecule is Cc1ccc(C)c(Sc2ncccc2C(=O)Nn2cnc3ccccc32)c1. The molecule has 2 aromatic heterocycles. The number of amides is 1. The minimum Gasteiger partial charge on any atom is -0.267 e. The average Bonchev–Trinajstić information content (AvgIpc) is 3.08. The largest absolute Gasteiger partial charge is 0.272 e. The van der Waals surface area contributed by atoms with Gasteiger partial charge in [-0.15, -0.1) is 0 Å². The number of benzene rings is 2. The Bertz CT molecular complexity index is 1140. The molecule has 2 aromatic carbocycles. The first-order valence-corrected chi connectivity index (χ1v) is 9.37. The number of carbonyl (C=O) groups is 1. The number of aryl methyl sites for hydroxylation is 2. The highest BCUT2D eigenvalue weighted by Gasteiger charge is 2.15. The van der Waals surface area contributed by atoms with Gasteiger partial charge in [0, 0.05) is 11.1 Å². The molecule has 27 heavy (non-hydrogen) atoms. The van der Waals surface area contributed by atoms with E-state index in [4.69, 9.17) is 0 Å². The fourth-order valence-electron chi connectivity index (χ4n) is 2.78. The number of hydrogen-bond donors (Lipinski definition) is 1. The molecule has 134 valence electrons. The van der Waals surface area contributed by atoms with Crippen molar-refractivity contribution in [2.24, 2.45) is 0 Å². The van der Waals surface area contributed by atoms with Gasteiger partial charge in [0.25, 0.3) is 5.91 Å². The number of para-hydroxylation sites is 2. The van der Waals surface area contributed by atoms with Crippen LogP contribution in [0.4, 0.5) is 0 Å². The maximum absolute atomic E-state index is 12.9. The second kappa shape index (κ2) is 7.25. The normalized spacial score (nSPS) is 10.9. The summed E-state index contributed by atoms with van der Waals surface area (Å²) in [6.07, 6.45) is 3.31. The van der Waals surface area contributed by atoms with Crippen molar-refractivity contribution in [3.8, 4) is 0 Å². The van der Waals surface area contributed by atoms with Gasteiger partial charge in [0.05, 0.1) is 16.6 Å². The summed E-state index contributed by atoms with van der Waals surface area (Å²) in [7, 11) is 0. The fourth-order valence-corrected chi connectivity index (χ4v) is 3.85. The maximum atomic E-state index is 12.9. The van der Waals surface area contributed by atoms with Crippen LogP contribution in [0.15, 0.2) is 77.0 Å². The van der Waals surface area contributed by atoms with E-state index in [-0.39, 0.29) is 5.91 Å². The van der Waals surface area contributed by atoms with Crippen LogP contribution in [0.3, 0.4) is 0 Å². The predicted molar refractivity (Wildman–Crippen MR) is 108 cm³/mol. The van der Waals surface area contributed by atoms with Crippen LogP contribution in [0.25, 0.3) is 11.0 Å². The molecule has 0 atom stereocenters. The Morgan fingerprint density at radius 3 is 2.78 bits per heavy atom. The summed E-state index contributed by atoms with van der Waals surface area (Å²) < 4.78 is 1.64. The molecule has 2 heterocycles. The third-order valence-electron chi connectivity index (χ3n) is 4.24. The molecule has 0 unspecified atom stereocenters. The van der Waals surface area contributed by atoms with Crippen LogP contribution in [0.1, 0.15) is 21.5 Å². The first kappa shape index (κ1) is 17.3. The minimum atomic E-state index is -0.223. The first-order chi connectivity index (χ1) is 13.1. The third-order valence-corrected chi connectivity index (χ3v) is 5.42. The van der Waals surface area contributed by atoms with Gasteiger partial charge >= 0.3 is 0 Å². The molecule has 0 fully saturated rings. The number of rotatable bonds is 4. The van der Waals surface area contributed by atoms with E-state index in [1.54, 1.807) is 29.3 Å². The van der Waals surface area contributed by atoms with Crippen molar-refractivity contribution in [3.05, 3.63) is 83.8 Å². The maximum Gasteiger partial charge on any atom is 0.272 e. The lowest BCUT2D eigenvalue weighted by Gasteiger charge is -2.11. The monoisotopic (exact) mass is 374 g/mol. The molecule has 6 heteroatoms. The Balaban J connectivity index is 1.64. The Morgan fingerprint density at radius 2 is 1.89 bits per heavy atom. The fraction of sp³-hybridized carbons (Fsp3) is 0.0952. The number of carbonyl (C=O) groups excluding carboxylic acids is 1. The zero-order valence-electron chi connectivity index (χ0n) is 15.0. The van der Waals surface area contributed by atoms with E-state index in [0.717, 1.165) is 21.5 Å². The van der Waals surface area contributed by atoms with E-state index in [1.807, 2.05) is 24.3 Å². The molecule has 1 amide bonds. The topological polar surface area (TPSA) is 59.8 Å². The van der Waals surface area contributed by atoms with Crippen LogP contribution >= 0.6 is 11.8 Å². The molecule has 1 N–H and O–H groups in total. The van der Waals surface area contributed by atoms with Gasteiger partial charge in [-0.25, -0.2) is 14.6 Å². The Kier molecular flexibility index (Phi) is 4.64. The van der Waals surface area contributed by atoms with Gasteiger partial charge in [0.1, 0.15) is 11.4 Å². The molecule has 5 nitrogen and oxygen atoms in total. The van der Waals surface area contributed by atoms with E-state index in [2.05, 4.69) is 47.4 Å². The Morgan fingerprint density at radius 1 is 1.04 bits per heavy atom. The van der Waals surface area contributed by atoms with E-state index < -0.39 is 0 Å². The highest BCUT2D eigenvalue weighted by atomic mass is 32.2. The van der Waals surface area contributed by atoms with Crippen molar-refractivity contribution in [2.45, 2.75) is 23.8 Å². The van der Waals surface area contributed by atoms with Crippen molar-refractivity contribution in [3.63, 3.8) is 0 Å². The van der Waals surface area contributed by atoms with Crippen LogP contribution < -0.4 is 5.43 Å². The van der Waals surface area contributed by atoms with Gasteiger partial charge in [0.2, 0.25) is 0 Å². The summed E-state index contributed by atoms with van der Waals surface area (Å²) in [6, 6.07) is 17.5. The van der Waals surface area contributed by atoms with Crippen molar-refractivity contribution in [1.29, 1.82) is 0 Å². The number of nitrogens with one attached hydrogen (secondary N) is 1. The minimum absolute atomic E-state index is 0.223. The Labute approximate surface area is 161 Å². The number of imidazole rings is 1. The van der Waals surface area contributed by atoms with E-state index in [1.165, 1.54) is 17.3 Å². The van der Waals surface area contributed by atoms with Crippen LogP contribution in [-0.2, 0) is 0 Å². The molecule has 4 rings (SSSR count). The molecular formula is C21H18N4OS. The molecule has 0 aliphatic heterocycles. The lowest BCUT2D eigenvalue weighted by Crippen LogP contribution is -2.22. The first-order valence-electron chi connectivity index (χ1n) is 8.55. The van der Waals surface area contributed by atoms with Crippen molar-refractivity contribution in [2.75, 3.05) is 5.43 Å². The number of fused-ring (bicyclic) bond motifs is 1. The zero-order valence-corrected chi connectivity index (χ0v) is 15.8. The van der Waals surface area contributed by atoms with Crippen LogP contribution in [-0.4, -0.2) is 20.6 Å². The van der Waals surface area contributed by atoms with Crippen LogP contribution in [0.2, 0.25) is 0 Å². The second-order valence-electron chi connectivity index (χ2n) is 6.27. The average molecular weight is 374 g/mol. The van der Waals surface area contributed by atoms with Crippen LogP contribution in [0.5, 0.6) is 0 Å². The zero-order chi connectivity index (χ0) is 18.8. The lowest BCUT2D eigenvalue weighted by molar-refractivity contribution is 0.100. The number of hydrogen-bond acceptors (Lipinski definition) is 4. The van der Waals surface area contributed by atoms with Gasteiger partial charge in [-0.1, -0.05) is 36.0 Å². The summed E-state index contributed by atoms with van der Waals surface area (Å²) >= 11 is 1.50. The van der Waals surface area contributed by atoms with E-state index in [9.17, 15) is 4.79 Å². The molecular weight excluding hydrogens is 356 g/mol. The standard InChI is InChI=1S/C21H18N4OS/c1-14-9-10-15(2)19(12-14)27-21-16(6-5-11-22-21)20(26)24-25-13-23-17-7-3-4-8-18(17)25/h3-13H,1-2H3,(H,24,26). The highest BCUT2D eigenvalue weighted by Crippen LogP contribution is 2.31. The van der Waals surface area contributed by atoms with Gasteiger partial charge in [-0.05, 0) is 55.3 Å². The van der Waals surface area contributed by atoms with Crippen LogP contribution in [0, 0.1) is 13.8 Å². The van der Waals surface area contributed by atoms with Gasteiger partial charge < -0.3 is 0 Å². The number of aromatic nitrogens is 3. The summed E-state index contributed by atoms with van der Waals surface area (Å²) in [5, 5.41) is 0.674. The molecule has 0 bridgehead atoms. The molecule has 0 saturated carbocycles. The lowest BCUT2D eigenvalue weighted by atomic mass is 10.2. The van der Waals surface area contributed by atoms with E-state index >= 15 is 0 Å². The third kappa shape index (κ3) is 3.57. The summed E-state index contributed by atoms with van der Waals surface area (Å²) in [5.41, 5.74) is 7.43. The van der Waals surface area contributed by atoms with Crippen molar-refractivity contribution < 1.29 is 4.79 Å². The smallest absolute Gasteiger partial charge is 0.267 e. The molecule has 0 saturated heterocycles. The quantitative estimate of drug-likeness (QED) is 0.568. The Hall–Kier alpha value is -3.12. The second-order valence-corrected chi connectivity index (χ2v) is 7.30. The molecule has 0 aliphatic carbocycles. The van der Waals surface area contributed by atoms with Gasteiger partial charge in [-0.3, -0.25) is 10.2 Å². The van der Waals surface area contributed by atoms with Crippen molar-refractivity contribution in [1.82, 2.24) is 14.6 Å². The summed E-state index contributed by atoms with van der Waals surface area (Å²) in [6.45, 7) is 4.11. The molecule has 4 aromatic rings. The summed E-state index contributed by atoms with van der Waals surface area (Å²) in [4.78, 5) is 22.7. The molecule has 0 aliphatic rings. The van der Waals surface area contributed by atoms with E-state index in [0.29, 0.717) is 10.6 Å². The van der Waals surface area contributed by atoms with Gasteiger partial charge in [-0.2, -0.15) is 0 Å². The molecule has 0 spiro atoms. The molecule has 0 radical (unpaired) electrons. The summed E-state index contributed by atoms with van der Waals surface area (Å²) in [5.74, 6) is -0.223. The highest BCUT2D eigenvalue weighted by molar-refractivity contribution is 7.99.